The second-order valence-electron chi connectivity index (χ2n) is 4.76. The number of hydrogen-bond donors (Lipinski definition) is 3. The third-order valence-electron chi connectivity index (χ3n) is 3.18. The van der Waals surface area contributed by atoms with Crippen LogP contribution >= 0.6 is 0 Å². The summed E-state index contributed by atoms with van der Waals surface area (Å²) in [4.78, 5) is 26.9. The zero-order chi connectivity index (χ0) is 14.5. The van der Waals surface area contributed by atoms with Crippen molar-refractivity contribution in [3.05, 3.63) is 11.7 Å². The summed E-state index contributed by atoms with van der Waals surface area (Å²) in [5.41, 5.74) is 0. The first-order chi connectivity index (χ1) is 9.61. The maximum Gasteiger partial charge on any atom is 0.326 e. The average Bonchev–Trinajstić information content (AvgIpc) is 3.08. The van der Waals surface area contributed by atoms with Crippen molar-refractivity contribution in [2.45, 2.75) is 44.7 Å². The number of aliphatic carboxylic acids is 1. The molecule has 0 bridgehead atoms. The van der Waals surface area contributed by atoms with Gasteiger partial charge in [-0.15, -0.1) is 0 Å². The van der Waals surface area contributed by atoms with Crippen LogP contribution in [0.15, 0.2) is 4.52 Å². The minimum Gasteiger partial charge on any atom is -0.480 e. The summed E-state index contributed by atoms with van der Waals surface area (Å²) >= 11 is 0. The zero-order valence-corrected chi connectivity index (χ0v) is 11.3. The Morgan fingerprint density at radius 3 is 3.00 bits per heavy atom. The number of amides is 1. The van der Waals surface area contributed by atoms with Gasteiger partial charge in [0.2, 0.25) is 5.89 Å². The van der Waals surface area contributed by atoms with Crippen LogP contribution in [-0.2, 0) is 4.79 Å². The van der Waals surface area contributed by atoms with Crippen molar-refractivity contribution in [2.24, 2.45) is 0 Å². The number of carbonyl (C=O) groups excluding carboxylic acids is 1. The van der Waals surface area contributed by atoms with Crippen molar-refractivity contribution >= 4 is 11.9 Å². The molecule has 0 radical (unpaired) electrons. The summed E-state index contributed by atoms with van der Waals surface area (Å²) in [6.45, 7) is 2.73. The molecule has 8 heteroatoms. The Bertz CT molecular complexity index is 482. The van der Waals surface area contributed by atoms with E-state index in [4.69, 9.17) is 9.63 Å². The largest absolute Gasteiger partial charge is 0.480 e. The highest BCUT2D eigenvalue weighted by atomic mass is 16.5. The van der Waals surface area contributed by atoms with Gasteiger partial charge in [-0.1, -0.05) is 18.5 Å². The van der Waals surface area contributed by atoms with Gasteiger partial charge in [0.15, 0.2) is 0 Å². The van der Waals surface area contributed by atoms with Gasteiger partial charge in [0.1, 0.15) is 6.04 Å². The molecule has 2 heterocycles. The molecular weight excluding hydrogens is 264 g/mol. The van der Waals surface area contributed by atoms with Crippen molar-refractivity contribution in [2.75, 3.05) is 6.54 Å². The predicted molar refractivity (Wildman–Crippen MR) is 68.1 cm³/mol. The minimum atomic E-state index is -1.07. The Kier molecular flexibility index (Phi) is 4.67. The fourth-order valence-corrected chi connectivity index (χ4v) is 2.13. The van der Waals surface area contributed by atoms with Gasteiger partial charge < -0.3 is 20.3 Å². The summed E-state index contributed by atoms with van der Waals surface area (Å²) in [5, 5.41) is 18.2. The first kappa shape index (κ1) is 14.4. The molecule has 2 rings (SSSR count). The molecule has 0 saturated carbocycles. The molecule has 0 aromatic carbocycles. The lowest BCUT2D eigenvalue weighted by Crippen LogP contribution is -2.41. The molecule has 2 atom stereocenters. The monoisotopic (exact) mass is 282 g/mol. The normalized spacial score (nSPS) is 19.8. The number of carbonyl (C=O) groups is 2. The summed E-state index contributed by atoms with van der Waals surface area (Å²) in [5.74, 6) is -1.45. The molecule has 110 valence electrons. The number of nitrogens with one attached hydrogen (secondary N) is 2. The van der Waals surface area contributed by atoms with E-state index in [1.54, 1.807) is 0 Å². The molecule has 0 aliphatic carbocycles. The zero-order valence-electron chi connectivity index (χ0n) is 11.3. The van der Waals surface area contributed by atoms with Crippen molar-refractivity contribution in [3.8, 4) is 0 Å². The van der Waals surface area contributed by atoms with Crippen LogP contribution in [0, 0.1) is 0 Å². The molecule has 1 aliphatic rings. The molecule has 1 saturated heterocycles. The molecular formula is C12H18N4O4. The first-order valence-electron chi connectivity index (χ1n) is 6.72. The van der Waals surface area contributed by atoms with Crippen LogP contribution in [0.3, 0.4) is 0 Å². The molecule has 1 fully saturated rings. The van der Waals surface area contributed by atoms with E-state index in [1.165, 1.54) is 0 Å². The summed E-state index contributed by atoms with van der Waals surface area (Å²) in [6.07, 6.45) is 2.92. The lowest BCUT2D eigenvalue weighted by molar-refractivity contribution is -0.139. The molecule has 1 aromatic rings. The predicted octanol–water partition coefficient (Wildman–Crippen LogP) is 0.477. The molecule has 1 unspecified atom stereocenters. The maximum atomic E-state index is 11.9. The van der Waals surface area contributed by atoms with Crippen molar-refractivity contribution in [3.63, 3.8) is 0 Å². The summed E-state index contributed by atoms with van der Waals surface area (Å²) < 4.78 is 5.04. The number of rotatable bonds is 6. The minimum absolute atomic E-state index is 0.0186. The Morgan fingerprint density at radius 2 is 2.40 bits per heavy atom. The van der Waals surface area contributed by atoms with E-state index in [9.17, 15) is 9.59 Å². The Balaban J connectivity index is 1.99. The third-order valence-corrected chi connectivity index (χ3v) is 3.18. The van der Waals surface area contributed by atoms with Crippen LogP contribution in [0.4, 0.5) is 0 Å². The van der Waals surface area contributed by atoms with Gasteiger partial charge in [-0.05, 0) is 25.8 Å². The SMILES string of the molecule is CCC[C@H](NC(=O)c1noc(C2CCCN2)n1)C(=O)O. The van der Waals surface area contributed by atoms with Crippen LogP contribution in [0.5, 0.6) is 0 Å². The van der Waals surface area contributed by atoms with E-state index in [1.807, 2.05) is 6.92 Å². The fraction of sp³-hybridized carbons (Fsp3) is 0.667. The molecule has 1 aliphatic heterocycles. The van der Waals surface area contributed by atoms with E-state index in [2.05, 4.69) is 20.8 Å². The van der Waals surface area contributed by atoms with Gasteiger partial charge in [0, 0.05) is 0 Å². The lowest BCUT2D eigenvalue weighted by atomic mass is 10.1. The topological polar surface area (TPSA) is 117 Å². The summed E-state index contributed by atoms with van der Waals surface area (Å²) in [6, 6.07) is -0.950. The van der Waals surface area contributed by atoms with E-state index in [-0.39, 0.29) is 11.9 Å². The van der Waals surface area contributed by atoms with E-state index < -0.39 is 17.9 Å². The van der Waals surface area contributed by atoms with Gasteiger partial charge in [-0.2, -0.15) is 4.98 Å². The van der Waals surface area contributed by atoms with Crippen LogP contribution in [0.1, 0.15) is 55.2 Å². The quantitative estimate of drug-likeness (QED) is 0.694. The van der Waals surface area contributed by atoms with Crippen molar-refractivity contribution < 1.29 is 19.2 Å². The second-order valence-corrected chi connectivity index (χ2v) is 4.76. The highest BCUT2D eigenvalue weighted by Crippen LogP contribution is 2.20. The van der Waals surface area contributed by atoms with E-state index in [0.29, 0.717) is 18.7 Å². The molecule has 0 spiro atoms. The van der Waals surface area contributed by atoms with Gasteiger partial charge in [-0.25, -0.2) is 4.79 Å². The van der Waals surface area contributed by atoms with Crippen molar-refractivity contribution in [1.29, 1.82) is 0 Å². The highest BCUT2D eigenvalue weighted by molar-refractivity contribution is 5.93. The van der Waals surface area contributed by atoms with Crippen LogP contribution in [0.25, 0.3) is 0 Å². The Morgan fingerprint density at radius 1 is 1.60 bits per heavy atom. The second kappa shape index (κ2) is 6.47. The lowest BCUT2D eigenvalue weighted by Gasteiger charge is -2.11. The molecule has 1 aromatic heterocycles. The van der Waals surface area contributed by atoms with Crippen molar-refractivity contribution in [1.82, 2.24) is 20.8 Å². The van der Waals surface area contributed by atoms with Gasteiger partial charge >= 0.3 is 5.97 Å². The molecule has 20 heavy (non-hydrogen) atoms. The summed E-state index contributed by atoms with van der Waals surface area (Å²) in [7, 11) is 0. The highest BCUT2D eigenvalue weighted by Gasteiger charge is 2.26. The number of nitrogens with zero attached hydrogens (tertiary/aromatic N) is 2. The first-order valence-corrected chi connectivity index (χ1v) is 6.72. The van der Waals surface area contributed by atoms with Gasteiger partial charge in [0.05, 0.1) is 6.04 Å². The molecule has 3 N–H and O–H groups in total. The number of carboxylic acid groups (broad SMARTS) is 1. The van der Waals surface area contributed by atoms with Crippen LogP contribution in [-0.4, -0.2) is 39.7 Å². The van der Waals surface area contributed by atoms with E-state index >= 15 is 0 Å². The number of aromatic nitrogens is 2. The smallest absolute Gasteiger partial charge is 0.326 e. The third kappa shape index (κ3) is 3.32. The van der Waals surface area contributed by atoms with E-state index in [0.717, 1.165) is 19.4 Å². The molecule has 1 amide bonds. The van der Waals surface area contributed by atoms with Crippen LogP contribution in [0.2, 0.25) is 0 Å². The maximum absolute atomic E-state index is 11.9. The number of hydrogen-bond acceptors (Lipinski definition) is 6. The average molecular weight is 282 g/mol. The molecule has 8 nitrogen and oxygen atoms in total. The Hall–Kier alpha value is -1.96. The van der Waals surface area contributed by atoms with Gasteiger partial charge in [-0.3, -0.25) is 4.79 Å². The fourth-order valence-electron chi connectivity index (χ4n) is 2.13. The standard InChI is InChI=1S/C12H18N4O4/c1-2-4-8(12(18)19)14-10(17)9-15-11(20-16-9)7-5-3-6-13-7/h7-8,13H,2-6H2,1H3,(H,14,17)(H,18,19)/t7?,8-/m0/s1. The Labute approximate surface area is 115 Å². The van der Waals surface area contributed by atoms with Crippen LogP contribution < -0.4 is 10.6 Å². The number of carboxylic acids is 1. The van der Waals surface area contributed by atoms with Gasteiger partial charge in [0.25, 0.3) is 11.7 Å².